The molecule has 1 unspecified atom stereocenters. The van der Waals surface area contributed by atoms with Crippen LogP contribution in [0.4, 0.5) is 0 Å². The molecule has 2 aliphatic heterocycles. The van der Waals surface area contributed by atoms with Crippen molar-refractivity contribution in [1.29, 1.82) is 0 Å². The summed E-state index contributed by atoms with van der Waals surface area (Å²) in [6, 6.07) is 0. The van der Waals surface area contributed by atoms with E-state index in [1.807, 2.05) is 0 Å². The lowest BCUT2D eigenvalue weighted by atomic mass is 9.65. The summed E-state index contributed by atoms with van der Waals surface area (Å²) < 4.78 is 6.18. The summed E-state index contributed by atoms with van der Waals surface area (Å²) in [7, 11) is 0. The largest absolute Gasteiger partial charge is 0.375 e. The molecule has 3 fully saturated rings. The van der Waals surface area contributed by atoms with Gasteiger partial charge in [-0.15, -0.1) is 0 Å². The lowest BCUT2D eigenvalue weighted by molar-refractivity contribution is -0.152. The van der Waals surface area contributed by atoms with Crippen LogP contribution in [0.5, 0.6) is 0 Å². The fraction of sp³-hybridized carbons (Fsp3) is 0.944. The first-order valence-corrected chi connectivity index (χ1v) is 9.09. The number of ether oxygens (including phenoxy) is 1. The van der Waals surface area contributed by atoms with E-state index in [1.165, 1.54) is 32.1 Å². The number of carbonyl (C=O) groups excluding carboxylic acids is 1. The van der Waals surface area contributed by atoms with Gasteiger partial charge in [0.1, 0.15) is 5.78 Å². The molecule has 2 saturated heterocycles. The maximum atomic E-state index is 13.2. The molecule has 1 aliphatic carbocycles. The number of hydrogen-bond acceptors (Lipinski definition) is 3. The third-order valence-corrected chi connectivity index (χ3v) is 6.39. The minimum atomic E-state index is -0.0386. The Morgan fingerprint density at radius 1 is 1.14 bits per heavy atom. The van der Waals surface area contributed by atoms with Crippen LogP contribution in [0.2, 0.25) is 0 Å². The Bertz CT molecular complexity index is 362. The second-order valence-corrected chi connectivity index (χ2v) is 7.53. The molecule has 1 atom stereocenters. The minimum absolute atomic E-state index is 0.0386. The van der Waals surface area contributed by atoms with Gasteiger partial charge < -0.3 is 10.1 Å². The normalized spacial score (nSPS) is 32.0. The van der Waals surface area contributed by atoms with Crippen molar-refractivity contribution in [3.05, 3.63) is 0 Å². The summed E-state index contributed by atoms with van der Waals surface area (Å²) in [5, 5.41) is 3.41. The molecule has 0 aromatic heterocycles. The van der Waals surface area contributed by atoms with Crippen molar-refractivity contribution in [3.63, 3.8) is 0 Å². The molecule has 3 rings (SSSR count). The lowest BCUT2D eigenvalue weighted by Crippen LogP contribution is -2.49. The van der Waals surface area contributed by atoms with Gasteiger partial charge in [-0.2, -0.15) is 0 Å². The highest BCUT2D eigenvalue weighted by molar-refractivity contribution is 5.87. The van der Waals surface area contributed by atoms with Gasteiger partial charge in [0.2, 0.25) is 0 Å². The predicted octanol–water partition coefficient (Wildman–Crippen LogP) is 3.46. The number of carbonyl (C=O) groups is 1. The SMILES string of the molecule is CCC1(C(=O)C2CCOC3(CCCCC3)C2)CCNCC1. The van der Waals surface area contributed by atoms with E-state index in [0.29, 0.717) is 5.78 Å². The molecule has 21 heavy (non-hydrogen) atoms. The van der Waals surface area contributed by atoms with Crippen molar-refractivity contribution in [1.82, 2.24) is 5.32 Å². The predicted molar refractivity (Wildman–Crippen MR) is 84.3 cm³/mol. The summed E-state index contributed by atoms with van der Waals surface area (Å²) in [5.74, 6) is 0.828. The quantitative estimate of drug-likeness (QED) is 0.866. The smallest absolute Gasteiger partial charge is 0.142 e. The summed E-state index contributed by atoms with van der Waals surface area (Å²) in [5.41, 5.74) is 0.0157. The van der Waals surface area contributed by atoms with E-state index in [9.17, 15) is 4.79 Å². The van der Waals surface area contributed by atoms with Crippen LogP contribution in [0.1, 0.15) is 71.1 Å². The number of ketones is 1. The minimum Gasteiger partial charge on any atom is -0.375 e. The lowest BCUT2D eigenvalue weighted by Gasteiger charge is -2.46. The van der Waals surface area contributed by atoms with Crippen LogP contribution in [0.15, 0.2) is 0 Å². The van der Waals surface area contributed by atoms with E-state index in [-0.39, 0.29) is 16.9 Å². The third kappa shape index (κ3) is 3.05. The number of Topliss-reactive ketones (excluding diaryl/α,β-unsaturated/α-hetero) is 1. The van der Waals surface area contributed by atoms with Gasteiger partial charge in [-0.25, -0.2) is 0 Å². The van der Waals surface area contributed by atoms with Crippen molar-refractivity contribution in [2.75, 3.05) is 19.7 Å². The molecular formula is C18H31NO2. The highest BCUT2D eigenvalue weighted by Crippen LogP contribution is 2.45. The van der Waals surface area contributed by atoms with E-state index in [4.69, 9.17) is 4.74 Å². The van der Waals surface area contributed by atoms with Crippen LogP contribution in [-0.2, 0) is 9.53 Å². The van der Waals surface area contributed by atoms with E-state index in [2.05, 4.69) is 12.2 Å². The Hall–Kier alpha value is -0.410. The maximum absolute atomic E-state index is 13.2. The Labute approximate surface area is 129 Å². The molecule has 0 aromatic rings. The van der Waals surface area contributed by atoms with Crippen molar-refractivity contribution in [2.45, 2.75) is 76.7 Å². The van der Waals surface area contributed by atoms with Crippen LogP contribution in [-0.4, -0.2) is 31.1 Å². The molecule has 3 aliphatic rings. The van der Waals surface area contributed by atoms with Crippen molar-refractivity contribution >= 4 is 5.78 Å². The standard InChI is InChI=1S/C18H31NO2/c1-2-17(9-11-19-12-10-17)16(20)15-6-13-21-18(14-15)7-4-3-5-8-18/h15,19H,2-14H2,1H3. The molecule has 0 radical (unpaired) electrons. The number of rotatable bonds is 3. The number of piperidine rings is 1. The topological polar surface area (TPSA) is 38.3 Å². The van der Waals surface area contributed by atoms with Gasteiger partial charge in [0.05, 0.1) is 5.60 Å². The van der Waals surface area contributed by atoms with E-state index >= 15 is 0 Å². The summed E-state index contributed by atoms with van der Waals surface area (Å²) in [6.45, 7) is 5.02. The van der Waals surface area contributed by atoms with Gasteiger partial charge in [-0.3, -0.25) is 4.79 Å². The fourth-order valence-corrected chi connectivity index (χ4v) is 4.91. The van der Waals surface area contributed by atoms with Crippen LogP contribution >= 0.6 is 0 Å². The second-order valence-electron chi connectivity index (χ2n) is 7.53. The molecule has 0 aromatic carbocycles. The van der Waals surface area contributed by atoms with Crippen LogP contribution < -0.4 is 5.32 Å². The zero-order chi connectivity index (χ0) is 14.8. The number of nitrogens with one attached hydrogen (secondary N) is 1. The van der Waals surface area contributed by atoms with Gasteiger partial charge in [-0.05, 0) is 58.0 Å². The molecule has 3 heteroatoms. The molecule has 0 bridgehead atoms. The third-order valence-electron chi connectivity index (χ3n) is 6.39. The Morgan fingerprint density at radius 3 is 2.52 bits per heavy atom. The summed E-state index contributed by atoms with van der Waals surface area (Å²) in [4.78, 5) is 13.2. The molecule has 120 valence electrons. The zero-order valence-corrected chi connectivity index (χ0v) is 13.6. The van der Waals surface area contributed by atoms with Crippen LogP contribution in [0.25, 0.3) is 0 Å². The van der Waals surface area contributed by atoms with E-state index in [0.717, 1.165) is 51.8 Å². The molecule has 1 saturated carbocycles. The monoisotopic (exact) mass is 293 g/mol. The van der Waals surface area contributed by atoms with Gasteiger partial charge in [0, 0.05) is 17.9 Å². The number of hydrogen-bond donors (Lipinski definition) is 1. The molecule has 1 N–H and O–H groups in total. The highest BCUT2D eigenvalue weighted by atomic mass is 16.5. The Balaban J connectivity index is 1.71. The maximum Gasteiger partial charge on any atom is 0.142 e. The fourth-order valence-electron chi connectivity index (χ4n) is 4.91. The molecule has 0 amide bonds. The van der Waals surface area contributed by atoms with Crippen LogP contribution in [0, 0.1) is 11.3 Å². The Morgan fingerprint density at radius 2 is 1.86 bits per heavy atom. The zero-order valence-electron chi connectivity index (χ0n) is 13.6. The van der Waals surface area contributed by atoms with Gasteiger partial charge in [-0.1, -0.05) is 26.2 Å². The van der Waals surface area contributed by atoms with Gasteiger partial charge in [0.15, 0.2) is 0 Å². The van der Waals surface area contributed by atoms with E-state index < -0.39 is 0 Å². The first-order chi connectivity index (χ1) is 10.2. The summed E-state index contributed by atoms with van der Waals surface area (Å²) in [6.07, 6.45) is 11.3. The average molecular weight is 293 g/mol. The van der Waals surface area contributed by atoms with Gasteiger partial charge in [0.25, 0.3) is 0 Å². The average Bonchev–Trinajstić information content (AvgIpc) is 2.55. The molecule has 2 heterocycles. The van der Waals surface area contributed by atoms with Crippen molar-refractivity contribution in [3.8, 4) is 0 Å². The first-order valence-electron chi connectivity index (χ1n) is 9.09. The van der Waals surface area contributed by atoms with Crippen molar-refractivity contribution < 1.29 is 9.53 Å². The molecule has 3 nitrogen and oxygen atoms in total. The molecule has 1 spiro atoms. The van der Waals surface area contributed by atoms with E-state index in [1.54, 1.807) is 0 Å². The summed E-state index contributed by atoms with van der Waals surface area (Å²) >= 11 is 0. The first kappa shape index (κ1) is 15.5. The van der Waals surface area contributed by atoms with Crippen molar-refractivity contribution in [2.24, 2.45) is 11.3 Å². The Kier molecular flexibility index (Phi) is 4.70. The molecular weight excluding hydrogens is 262 g/mol. The van der Waals surface area contributed by atoms with Crippen LogP contribution in [0.3, 0.4) is 0 Å². The van der Waals surface area contributed by atoms with Gasteiger partial charge >= 0.3 is 0 Å². The second kappa shape index (κ2) is 6.37. The highest BCUT2D eigenvalue weighted by Gasteiger charge is 2.46.